The molecule has 0 fully saturated rings. The molecule has 3 nitrogen and oxygen atoms in total. The Morgan fingerprint density at radius 2 is 2.38 bits per heavy atom. The van der Waals surface area contributed by atoms with Crippen LogP contribution >= 0.6 is 0 Å². The van der Waals surface area contributed by atoms with Gasteiger partial charge in [0.2, 0.25) is 0 Å². The first-order valence-electron chi connectivity index (χ1n) is 2.27. The lowest BCUT2D eigenvalue weighted by Crippen LogP contribution is -2.03. The molecule has 0 saturated carbocycles. The summed E-state index contributed by atoms with van der Waals surface area (Å²) in [5.41, 5.74) is 0. The average molecular weight is 136 g/mol. The topological polar surface area (TPSA) is 43.4 Å². The molecule has 0 atom stereocenters. The third-order valence-electron chi connectivity index (χ3n) is 0.673. The van der Waals surface area contributed by atoms with Crippen LogP contribution in [0.15, 0.2) is 0 Å². The monoisotopic (exact) mass is 136 g/mol. The lowest BCUT2D eigenvalue weighted by Gasteiger charge is -1.88. The van der Waals surface area contributed by atoms with Crippen LogP contribution < -0.4 is 0 Å². The highest BCUT2D eigenvalue weighted by molar-refractivity contribution is 7.60. The summed E-state index contributed by atoms with van der Waals surface area (Å²) in [5, 5.41) is 0. The Morgan fingerprint density at radius 1 is 1.75 bits per heavy atom. The second-order valence-corrected chi connectivity index (χ2v) is 1.65. The third-order valence-corrected chi connectivity index (χ3v) is 0.907. The molecule has 0 unspecified atom stereocenters. The first-order chi connectivity index (χ1) is 3.81. The summed E-state index contributed by atoms with van der Waals surface area (Å²) < 4.78 is 13.8. The zero-order chi connectivity index (χ0) is 6.41. The Labute approximate surface area is 51.7 Å². The largest absolute Gasteiger partial charge is 0.297 e. The number of rotatable bonds is 4. The van der Waals surface area contributed by atoms with E-state index in [0.717, 1.165) is 0 Å². The van der Waals surface area contributed by atoms with Crippen molar-refractivity contribution in [2.24, 2.45) is 0 Å². The van der Waals surface area contributed by atoms with Gasteiger partial charge in [-0.2, -0.15) is 0 Å². The Bertz CT molecular complexity index is 91.3. The third kappa shape index (κ3) is 3.95. The first-order valence-corrected chi connectivity index (χ1v) is 3.00. The molecular weight excluding hydrogens is 128 g/mol. The number of carbonyl (C=O) groups excluding carboxylic acids is 1. The molecule has 0 heterocycles. The van der Waals surface area contributed by atoms with E-state index in [4.69, 9.17) is 0 Å². The predicted molar refractivity (Wildman–Crippen MR) is 30.8 cm³/mol. The zero-order valence-electron chi connectivity index (χ0n) is 4.59. The number of hydrogen-bond acceptors (Lipinski definition) is 3. The lowest BCUT2D eigenvalue weighted by molar-refractivity contribution is -0.120. The fourth-order valence-corrected chi connectivity index (χ4v) is 0.397. The van der Waals surface area contributed by atoms with Gasteiger partial charge in [-0.3, -0.25) is 8.98 Å². The molecule has 0 spiro atoms. The average Bonchev–Trinajstić information content (AvgIpc) is 1.83. The molecule has 0 aromatic rings. The van der Waals surface area contributed by atoms with Crippen molar-refractivity contribution in [3.63, 3.8) is 0 Å². The van der Waals surface area contributed by atoms with Crippen molar-refractivity contribution in [2.75, 3.05) is 6.61 Å². The molecule has 8 heavy (non-hydrogen) atoms. The molecule has 0 bridgehead atoms. The van der Waals surface area contributed by atoms with Crippen LogP contribution in [0, 0.1) is 0 Å². The smallest absolute Gasteiger partial charge is 0.159 e. The molecular formula is C4H8O3S. The van der Waals surface area contributed by atoms with Gasteiger partial charge in [0.25, 0.3) is 0 Å². The summed E-state index contributed by atoms with van der Waals surface area (Å²) in [7, 11) is 0. The molecule has 48 valence electrons. The minimum Gasteiger partial charge on any atom is -0.297 e. The summed E-state index contributed by atoms with van der Waals surface area (Å²) in [5.74, 6) is -0.0339. The van der Waals surface area contributed by atoms with E-state index in [-0.39, 0.29) is 12.4 Å². The molecule has 0 aliphatic heterocycles. The maximum Gasteiger partial charge on any atom is 0.159 e. The fourth-order valence-electron chi connectivity index (χ4n) is 0.200. The molecule has 0 aromatic carbocycles. The van der Waals surface area contributed by atoms with Crippen LogP contribution in [0.5, 0.6) is 0 Å². The Hall–Kier alpha value is -0.220. The van der Waals surface area contributed by atoms with Crippen LogP contribution in [-0.2, 0) is 20.9 Å². The Morgan fingerprint density at radius 3 is 2.75 bits per heavy atom. The Balaban J connectivity index is 3.11. The van der Waals surface area contributed by atoms with E-state index >= 15 is 0 Å². The summed E-state index contributed by atoms with van der Waals surface area (Å²) in [6, 6.07) is 0. The maximum atomic E-state index is 10.3. The zero-order valence-corrected chi connectivity index (χ0v) is 5.48. The van der Waals surface area contributed by atoms with E-state index in [0.29, 0.717) is 6.42 Å². The van der Waals surface area contributed by atoms with E-state index in [1.807, 2.05) is 0 Å². The predicted octanol–water partition coefficient (Wildman–Crippen LogP) is -0.158. The van der Waals surface area contributed by atoms with Gasteiger partial charge in [-0.05, 0) is 0 Å². The van der Waals surface area contributed by atoms with Crippen molar-refractivity contribution in [2.45, 2.75) is 13.3 Å². The molecule has 0 saturated heterocycles. The van der Waals surface area contributed by atoms with Gasteiger partial charge in [0.1, 0.15) is 18.6 Å². The van der Waals surface area contributed by atoms with Crippen molar-refractivity contribution in [3.05, 3.63) is 0 Å². The standard InChI is InChI=1S/C4H8O3S/c1-2-4(5)3-7-8-6/h8H,2-3H2,1H3. The van der Waals surface area contributed by atoms with Gasteiger partial charge in [-0.15, -0.1) is 0 Å². The molecule has 0 N–H and O–H groups in total. The minimum absolute atomic E-state index is 0.0339. The van der Waals surface area contributed by atoms with Gasteiger partial charge in [0.05, 0.1) is 0 Å². The molecule has 0 radical (unpaired) electrons. The summed E-state index contributed by atoms with van der Waals surface area (Å²) in [4.78, 5) is 10.3. The van der Waals surface area contributed by atoms with Crippen molar-refractivity contribution < 1.29 is 13.2 Å². The van der Waals surface area contributed by atoms with Crippen molar-refractivity contribution in [3.8, 4) is 0 Å². The molecule has 0 aromatic heterocycles. The molecule has 0 amide bonds. The maximum absolute atomic E-state index is 10.3. The number of Topliss-reactive ketones (excluding diaryl/α,β-unsaturated/α-hetero) is 1. The summed E-state index contributed by atoms with van der Waals surface area (Å²) >= 11 is -0.421. The van der Waals surface area contributed by atoms with Gasteiger partial charge in [0.15, 0.2) is 5.78 Å². The van der Waals surface area contributed by atoms with E-state index in [1.165, 1.54) is 0 Å². The molecule has 0 rings (SSSR count). The van der Waals surface area contributed by atoms with Crippen LogP contribution in [-0.4, -0.2) is 16.6 Å². The van der Waals surface area contributed by atoms with Crippen molar-refractivity contribution in [1.29, 1.82) is 0 Å². The van der Waals surface area contributed by atoms with Gasteiger partial charge in [-0.25, -0.2) is 4.21 Å². The van der Waals surface area contributed by atoms with Crippen molar-refractivity contribution >= 4 is 17.7 Å². The van der Waals surface area contributed by atoms with Crippen LogP contribution in [0.25, 0.3) is 0 Å². The van der Waals surface area contributed by atoms with E-state index < -0.39 is 11.9 Å². The van der Waals surface area contributed by atoms with Crippen LogP contribution in [0.3, 0.4) is 0 Å². The summed E-state index contributed by atoms with van der Waals surface area (Å²) in [6.45, 7) is 1.69. The minimum atomic E-state index is -0.421. The van der Waals surface area contributed by atoms with Crippen LogP contribution in [0.2, 0.25) is 0 Å². The quantitative estimate of drug-likeness (QED) is 0.546. The second kappa shape index (κ2) is 4.93. The lowest BCUT2D eigenvalue weighted by atomic mass is 10.3. The van der Waals surface area contributed by atoms with Crippen molar-refractivity contribution in [1.82, 2.24) is 0 Å². The number of hydrogen-bond donors (Lipinski definition) is 1. The van der Waals surface area contributed by atoms with E-state index in [2.05, 4.69) is 4.18 Å². The van der Waals surface area contributed by atoms with Gasteiger partial charge in [-0.1, -0.05) is 6.92 Å². The first kappa shape index (κ1) is 7.78. The number of carbonyl (C=O) groups is 1. The number of thiol groups is 1. The highest BCUT2D eigenvalue weighted by Crippen LogP contribution is 1.80. The van der Waals surface area contributed by atoms with E-state index in [9.17, 15) is 9.00 Å². The fraction of sp³-hybridized carbons (Fsp3) is 0.750. The second-order valence-electron chi connectivity index (χ2n) is 1.24. The number of ketones is 1. The van der Waals surface area contributed by atoms with Gasteiger partial charge in [0, 0.05) is 6.42 Å². The molecule has 0 aliphatic carbocycles. The van der Waals surface area contributed by atoms with Crippen LogP contribution in [0.1, 0.15) is 13.3 Å². The summed E-state index contributed by atoms with van der Waals surface area (Å²) in [6.07, 6.45) is 0.440. The van der Waals surface area contributed by atoms with Crippen LogP contribution in [0.4, 0.5) is 0 Å². The normalized spacial score (nSPS) is 9.12. The SMILES string of the molecule is CCC(=O)CO[SH]=O. The van der Waals surface area contributed by atoms with E-state index in [1.54, 1.807) is 6.92 Å². The Kier molecular flexibility index (Phi) is 4.79. The highest BCUT2D eigenvalue weighted by Gasteiger charge is 1.94. The van der Waals surface area contributed by atoms with Gasteiger partial charge >= 0.3 is 0 Å². The molecule has 0 aliphatic rings. The highest BCUT2D eigenvalue weighted by atomic mass is 32.2. The molecule has 4 heteroatoms. The van der Waals surface area contributed by atoms with Gasteiger partial charge < -0.3 is 0 Å².